The molecule has 0 amide bonds. The average Bonchev–Trinajstić information content (AvgIpc) is 1.57. The van der Waals surface area contributed by atoms with Crippen LogP contribution < -0.4 is 0 Å². The number of hydrogen-bond acceptors (Lipinski definition) is 8. The van der Waals surface area contributed by atoms with Gasteiger partial charge in [-0.1, -0.05) is 311 Å². The summed E-state index contributed by atoms with van der Waals surface area (Å²) < 4.78 is 16.3. The number of fused-ring (bicyclic) bond motifs is 27. The van der Waals surface area contributed by atoms with E-state index < -0.39 is 0 Å². The molecule has 140 heavy (non-hydrogen) atoms. The molecule has 1 aliphatic rings. The summed E-state index contributed by atoms with van der Waals surface area (Å²) in [7, 11) is 0. The third-order valence-electron chi connectivity index (χ3n) is 28.8. The Balaban J connectivity index is 0.000000103. The maximum Gasteiger partial charge on any atom is 0.235 e. The van der Waals surface area contributed by atoms with Crippen LogP contribution in [0.25, 0.3) is 268 Å². The molecule has 9 aromatic heterocycles. The number of thiophene rings is 1. The molecule has 0 N–H and O–H groups in total. The fourth-order valence-corrected chi connectivity index (χ4v) is 23.2. The molecule has 0 aliphatic heterocycles. The summed E-state index contributed by atoms with van der Waals surface area (Å²) in [4.78, 5) is 30.1. The van der Waals surface area contributed by atoms with Crippen LogP contribution in [0.1, 0.15) is 25.0 Å². The molecule has 0 saturated heterocycles. The molecule has 20 aromatic carbocycles. The van der Waals surface area contributed by atoms with E-state index in [1.165, 1.54) is 134 Å². The fraction of sp³-hybridized carbons (Fsp3) is 0.0233. The van der Waals surface area contributed by atoms with Gasteiger partial charge in [0.15, 0.2) is 5.82 Å². The van der Waals surface area contributed by atoms with Gasteiger partial charge in [-0.15, -0.1) is 11.3 Å². The third-order valence-corrected chi connectivity index (χ3v) is 29.9. The number of nitrogens with zero attached hydrogens (tertiary/aromatic N) is 9. The summed E-state index contributed by atoms with van der Waals surface area (Å²) in [6.45, 7) is 4.76. The van der Waals surface area contributed by atoms with Crippen molar-refractivity contribution in [3.8, 4) is 96.1 Å². The Kier molecular flexibility index (Phi) is 18.4. The first kappa shape index (κ1) is 80.3. The minimum absolute atomic E-state index is 0.124. The van der Waals surface area contributed by atoms with Crippen molar-refractivity contribution in [3.63, 3.8) is 0 Å². The first-order valence-corrected chi connectivity index (χ1v) is 48.4. The zero-order valence-corrected chi connectivity index (χ0v) is 77.0. The molecule has 0 saturated carbocycles. The number of furan rings is 1. The summed E-state index contributed by atoms with van der Waals surface area (Å²) >= 11 is 1.87. The van der Waals surface area contributed by atoms with Crippen molar-refractivity contribution < 1.29 is 4.42 Å². The number of hydrogen-bond donors (Lipinski definition) is 0. The molecule has 1 aliphatic carbocycles. The summed E-state index contributed by atoms with van der Waals surface area (Å²) in [6.07, 6.45) is 5.63. The zero-order chi connectivity index (χ0) is 92.4. The number of pyridine rings is 2. The molecule has 30 rings (SSSR count). The molecular weight excluding hydrogens is 1720 g/mol. The highest BCUT2D eigenvalue weighted by Gasteiger charge is 2.38. The van der Waals surface area contributed by atoms with Crippen molar-refractivity contribution in [2.75, 3.05) is 0 Å². The number of rotatable bonds is 9. The summed E-state index contributed by atoms with van der Waals surface area (Å²) in [6, 6.07) is 156. The molecule has 0 bridgehead atoms. The average molecular weight is 1810 g/mol. The topological polar surface area (TPSA) is 105 Å². The van der Waals surface area contributed by atoms with Crippen LogP contribution in [-0.4, -0.2) is 43.6 Å². The van der Waals surface area contributed by atoms with Crippen molar-refractivity contribution >= 4 is 183 Å². The van der Waals surface area contributed by atoms with Gasteiger partial charge < -0.3 is 8.98 Å². The Morgan fingerprint density at radius 3 is 1.39 bits per heavy atom. The quantitative estimate of drug-likeness (QED) is 0.142. The highest BCUT2D eigenvalue weighted by Crippen LogP contribution is 2.54. The van der Waals surface area contributed by atoms with Crippen LogP contribution in [0.2, 0.25) is 0 Å². The molecule has 0 unspecified atom stereocenters. The lowest BCUT2D eigenvalue weighted by atomic mass is 9.81. The minimum Gasteiger partial charge on any atom is -0.455 e. The van der Waals surface area contributed by atoms with Crippen LogP contribution >= 0.6 is 11.3 Å². The van der Waals surface area contributed by atoms with Crippen molar-refractivity contribution in [2.24, 2.45) is 0 Å². The third kappa shape index (κ3) is 13.1. The molecule has 0 atom stereocenters. The van der Waals surface area contributed by atoms with Crippen molar-refractivity contribution in [1.82, 2.24) is 43.6 Å². The van der Waals surface area contributed by atoms with Gasteiger partial charge in [-0.25, -0.2) is 19.9 Å². The molecule has 0 radical (unpaired) electrons. The second kappa shape index (κ2) is 32.0. The van der Waals surface area contributed by atoms with Crippen LogP contribution in [0.3, 0.4) is 0 Å². The predicted molar refractivity (Wildman–Crippen MR) is 584 cm³/mol. The smallest absolute Gasteiger partial charge is 0.235 e. The van der Waals surface area contributed by atoms with Crippen molar-refractivity contribution in [1.29, 1.82) is 0 Å². The SMILES string of the molecule is CC1(C)c2cc3ccccc3cc2-c2cc3c(cc21)c1cc2ccccc2cc1n3-c1cc(-c2cccnc2)cc(-c2ccccn2)c1.c1ccc(-c2cc(-c3ccccc3)nc(-n3c4cc5c(cc4c4c6ccccc6ccc43)sc3ccc4ccccc4c35)n2)cc1.c1ccc(-c2cc(-n3c4cc5ccccc5cc4c4cc5oc6c7ccccc7ccc6c5cc43)nc(-c3ccccc3)n2)cc1. The number of benzene rings is 20. The molecule has 10 nitrogen and oxygen atoms in total. The maximum atomic E-state index is 6.64. The highest BCUT2D eigenvalue weighted by atomic mass is 32.1. The van der Waals surface area contributed by atoms with Crippen LogP contribution in [-0.2, 0) is 5.41 Å². The molecule has 9 heterocycles. The lowest BCUT2D eigenvalue weighted by molar-refractivity contribution is 0.662. The minimum atomic E-state index is -0.124. The number of aromatic nitrogens is 9. The van der Waals surface area contributed by atoms with Gasteiger partial charge in [0.25, 0.3) is 0 Å². The van der Waals surface area contributed by atoms with Crippen LogP contribution in [0.5, 0.6) is 0 Å². The van der Waals surface area contributed by atoms with Gasteiger partial charge in [-0.3, -0.25) is 19.1 Å². The highest BCUT2D eigenvalue weighted by molar-refractivity contribution is 7.26. The van der Waals surface area contributed by atoms with E-state index in [2.05, 4.69) is 421 Å². The van der Waals surface area contributed by atoms with Gasteiger partial charge in [0.2, 0.25) is 5.95 Å². The van der Waals surface area contributed by atoms with Crippen molar-refractivity contribution in [2.45, 2.75) is 19.3 Å². The Morgan fingerprint density at radius 2 is 0.750 bits per heavy atom. The van der Waals surface area contributed by atoms with Gasteiger partial charge in [-0.2, -0.15) is 0 Å². The molecule has 0 spiro atoms. The van der Waals surface area contributed by atoms with E-state index in [1.807, 2.05) is 78.5 Å². The molecular formula is C129H81N9OS. The molecule has 654 valence electrons. The first-order valence-electron chi connectivity index (χ1n) is 47.6. The summed E-state index contributed by atoms with van der Waals surface area (Å²) in [5, 5.41) is 26.7. The van der Waals surface area contributed by atoms with Gasteiger partial charge in [0, 0.05) is 138 Å². The van der Waals surface area contributed by atoms with E-state index in [-0.39, 0.29) is 5.41 Å². The van der Waals surface area contributed by atoms with E-state index in [9.17, 15) is 0 Å². The second-order valence-electron chi connectivity index (χ2n) is 37.2. The Labute approximate surface area is 807 Å². The first-order chi connectivity index (χ1) is 69.1. The molecule has 11 heteroatoms. The maximum absolute atomic E-state index is 6.64. The largest absolute Gasteiger partial charge is 0.455 e. The van der Waals surface area contributed by atoms with Gasteiger partial charge in [-0.05, 0) is 221 Å². The Bertz CT molecular complexity index is 9990. The second-order valence-corrected chi connectivity index (χ2v) is 38.3. The van der Waals surface area contributed by atoms with Crippen LogP contribution in [0.15, 0.2) is 460 Å². The summed E-state index contributed by atoms with van der Waals surface area (Å²) in [5.41, 5.74) is 26.0. The van der Waals surface area contributed by atoms with E-state index in [0.29, 0.717) is 11.8 Å². The van der Waals surface area contributed by atoms with E-state index in [0.717, 1.165) is 133 Å². The normalized spacial score (nSPS) is 12.4. The van der Waals surface area contributed by atoms with Crippen molar-refractivity contribution in [3.05, 3.63) is 466 Å². The fourth-order valence-electron chi connectivity index (χ4n) is 22.1. The Hall–Kier alpha value is -18.2. The lowest BCUT2D eigenvalue weighted by Crippen LogP contribution is -2.14. The standard InChI is InChI=1S/C45H31N3.C42H25N3O.C42H25N3S/c1-45(2)40-23-30-12-5-3-10-28(30)21-36(40)37-26-44-39(25-41(37)45)38-22-29-11-4-6-13-31(29)24-43(38)48(44)35-19-33(32-14-9-16-46-27-32)18-34(20-35)42-15-7-8-17-47-42;1-3-12-27(13-4-1)36-25-40(44-42(43-36)28-14-5-2-6-15-28)45-37-22-30-17-8-7-16-29(30)21-33(37)34-24-39-35(23-38(34)45)32-20-19-26-11-9-10-18-31(26)41(32)46-39;1-3-13-28(14-4-1)34-25-35(29-15-5-2-6-16-29)44-42(43-34)45-36-21-19-26-11-7-9-17-30(26)40(36)32-24-39-33(23-37(32)45)41-31-18-10-8-12-27(31)20-22-38(41)46-39/h3-27H,1-2H3;2*1-25H. The molecule has 29 aromatic rings. The van der Waals surface area contributed by atoms with E-state index in [4.69, 9.17) is 29.3 Å². The lowest BCUT2D eigenvalue weighted by Gasteiger charge is -2.22. The van der Waals surface area contributed by atoms with E-state index in [1.54, 1.807) is 0 Å². The van der Waals surface area contributed by atoms with Crippen LogP contribution in [0, 0.1) is 0 Å². The van der Waals surface area contributed by atoms with Gasteiger partial charge in [0.05, 0.1) is 55.9 Å². The summed E-state index contributed by atoms with van der Waals surface area (Å²) in [5.74, 6) is 2.17. The Morgan fingerprint density at radius 1 is 0.257 bits per heavy atom. The zero-order valence-electron chi connectivity index (χ0n) is 76.1. The monoisotopic (exact) mass is 1800 g/mol. The predicted octanol–water partition coefficient (Wildman–Crippen LogP) is 34.2. The van der Waals surface area contributed by atoms with E-state index >= 15 is 0 Å². The molecule has 0 fully saturated rings. The van der Waals surface area contributed by atoms with Gasteiger partial charge in [0.1, 0.15) is 17.0 Å². The van der Waals surface area contributed by atoms with Gasteiger partial charge >= 0.3 is 0 Å². The van der Waals surface area contributed by atoms with Crippen LogP contribution in [0.4, 0.5) is 0 Å².